The molecule has 1 aliphatic rings. The van der Waals surface area contributed by atoms with E-state index in [9.17, 15) is 4.79 Å². The molecule has 1 saturated carbocycles. The van der Waals surface area contributed by atoms with Crippen LogP contribution >= 0.6 is 11.3 Å². The molecule has 0 N–H and O–H groups in total. The summed E-state index contributed by atoms with van der Waals surface area (Å²) in [5, 5.41) is 1.14. The predicted molar refractivity (Wildman–Crippen MR) is 82.0 cm³/mol. The fourth-order valence-corrected chi connectivity index (χ4v) is 3.66. The number of isocyanates is 1. The molecule has 2 aromatic rings. The monoisotopic (exact) mass is 286 g/mol. The molecule has 20 heavy (non-hydrogen) atoms. The lowest BCUT2D eigenvalue weighted by Crippen LogP contribution is -2.31. The van der Waals surface area contributed by atoms with Crippen molar-refractivity contribution in [1.82, 2.24) is 4.98 Å². The summed E-state index contributed by atoms with van der Waals surface area (Å²) in [5.74, 6) is 0. The Bertz CT molecular complexity index is 701. The zero-order chi connectivity index (χ0) is 14.4. The van der Waals surface area contributed by atoms with E-state index in [1.807, 2.05) is 0 Å². The molecule has 0 radical (unpaired) electrons. The third-order valence-electron chi connectivity index (χ3n) is 4.01. The number of fused-ring (bicyclic) bond motifs is 1. The van der Waals surface area contributed by atoms with Crippen molar-refractivity contribution in [2.24, 2.45) is 4.99 Å². The van der Waals surface area contributed by atoms with E-state index < -0.39 is 0 Å². The van der Waals surface area contributed by atoms with Crippen molar-refractivity contribution in [2.45, 2.75) is 51.0 Å². The highest BCUT2D eigenvalue weighted by molar-refractivity contribution is 7.18. The Labute approximate surface area is 122 Å². The standard InChI is InChI=1S/C16H18N2OS/c1-15(2,3)14-18-12-6-5-11(9-13(12)20-14)16(17-10-19)7-4-8-16/h5-6,9H,4,7-8H2,1-3H3. The molecular formula is C16H18N2OS. The van der Waals surface area contributed by atoms with E-state index in [4.69, 9.17) is 4.98 Å². The van der Waals surface area contributed by atoms with Gasteiger partial charge in [0.05, 0.1) is 20.8 Å². The molecule has 0 spiro atoms. The summed E-state index contributed by atoms with van der Waals surface area (Å²) in [4.78, 5) is 19.5. The minimum absolute atomic E-state index is 0.0684. The van der Waals surface area contributed by atoms with Crippen molar-refractivity contribution in [3.63, 3.8) is 0 Å². The van der Waals surface area contributed by atoms with Crippen LogP contribution in [0.4, 0.5) is 0 Å². The Hall–Kier alpha value is -1.51. The molecule has 0 bridgehead atoms. The van der Waals surface area contributed by atoms with E-state index in [-0.39, 0.29) is 11.0 Å². The normalized spacial score (nSPS) is 17.6. The van der Waals surface area contributed by atoms with Gasteiger partial charge in [0.2, 0.25) is 6.08 Å². The van der Waals surface area contributed by atoms with Gasteiger partial charge in [0, 0.05) is 5.41 Å². The van der Waals surface area contributed by atoms with Crippen molar-refractivity contribution in [3.8, 4) is 0 Å². The summed E-state index contributed by atoms with van der Waals surface area (Å²) in [7, 11) is 0. The second kappa shape index (κ2) is 4.51. The number of aromatic nitrogens is 1. The van der Waals surface area contributed by atoms with E-state index in [0.717, 1.165) is 35.4 Å². The van der Waals surface area contributed by atoms with Crippen LogP contribution in [0.15, 0.2) is 23.2 Å². The highest BCUT2D eigenvalue weighted by Crippen LogP contribution is 2.46. The number of rotatable bonds is 2. The van der Waals surface area contributed by atoms with Crippen LogP contribution in [0.2, 0.25) is 0 Å². The zero-order valence-corrected chi connectivity index (χ0v) is 12.9. The lowest BCUT2D eigenvalue weighted by Gasteiger charge is -2.37. The van der Waals surface area contributed by atoms with Crippen molar-refractivity contribution >= 4 is 27.6 Å². The molecular weight excluding hydrogens is 268 g/mol. The molecule has 1 aromatic carbocycles. The largest absolute Gasteiger partial charge is 0.241 e. The maximum Gasteiger partial charge on any atom is 0.235 e. The molecule has 0 atom stereocenters. The van der Waals surface area contributed by atoms with Crippen LogP contribution in [-0.4, -0.2) is 11.1 Å². The van der Waals surface area contributed by atoms with Crippen LogP contribution in [0, 0.1) is 0 Å². The highest BCUT2D eigenvalue weighted by atomic mass is 32.1. The summed E-state index contributed by atoms with van der Waals surface area (Å²) in [5.41, 5.74) is 1.91. The van der Waals surface area contributed by atoms with Crippen LogP contribution in [0.1, 0.15) is 50.6 Å². The number of nitrogens with zero attached hydrogens (tertiary/aromatic N) is 2. The van der Waals surface area contributed by atoms with Crippen LogP contribution < -0.4 is 0 Å². The van der Waals surface area contributed by atoms with Gasteiger partial charge in [-0.1, -0.05) is 26.8 Å². The molecule has 1 aromatic heterocycles. The fourth-order valence-electron chi connectivity index (χ4n) is 2.60. The van der Waals surface area contributed by atoms with Gasteiger partial charge >= 0.3 is 0 Å². The Balaban J connectivity index is 2.09. The molecule has 1 heterocycles. The minimum Gasteiger partial charge on any atom is -0.241 e. The molecule has 0 amide bonds. The first-order chi connectivity index (χ1) is 9.44. The van der Waals surface area contributed by atoms with E-state index >= 15 is 0 Å². The van der Waals surface area contributed by atoms with Crippen LogP contribution in [0.3, 0.4) is 0 Å². The topological polar surface area (TPSA) is 42.3 Å². The average Bonchev–Trinajstić information content (AvgIpc) is 2.76. The Morgan fingerprint density at radius 2 is 2.10 bits per heavy atom. The van der Waals surface area contributed by atoms with E-state index in [1.54, 1.807) is 17.4 Å². The number of hydrogen-bond donors (Lipinski definition) is 0. The molecule has 0 aliphatic heterocycles. The minimum atomic E-state index is -0.318. The molecule has 104 valence electrons. The fraction of sp³-hybridized carbons (Fsp3) is 0.500. The van der Waals surface area contributed by atoms with Gasteiger partial charge < -0.3 is 0 Å². The lowest BCUT2D eigenvalue weighted by atomic mass is 9.72. The van der Waals surface area contributed by atoms with Crippen LogP contribution in [0.25, 0.3) is 10.2 Å². The van der Waals surface area contributed by atoms with Crippen molar-refractivity contribution in [2.75, 3.05) is 0 Å². The van der Waals surface area contributed by atoms with Crippen molar-refractivity contribution < 1.29 is 4.79 Å². The quantitative estimate of drug-likeness (QED) is 0.610. The second-order valence-corrected chi connectivity index (χ2v) is 7.57. The molecule has 4 heteroatoms. The number of carbonyl (C=O) groups excluding carboxylic acids is 1. The van der Waals surface area contributed by atoms with Crippen LogP contribution in [-0.2, 0) is 15.7 Å². The summed E-state index contributed by atoms with van der Waals surface area (Å²) in [6.45, 7) is 6.53. The molecule has 0 saturated heterocycles. The maximum atomic E-state index is 10.7. The summed E-state index contributed by atoms with van der Waals surface area (Å²) in [6, 6.07) is 6.27. The summed E-state index contributed by atoms with van der Waals surface area (Å²) in [6.07, 6.45) is 4.76. The number of benzene rings is 1. The van der Waals surface area contributed by atoms with E-state index in [2.05, 4.69) is 44.0 Å². The Morgan fingerprint density at radius 1 is 1.35 bits per heavy atom. The second-order valence-electron chi connectivity index (χ2n) is 6.54. The van der Waals surface area contributed by atoms with Gasteiger partial charge in [-0.25, -0.2) is 9.78 Å². The number of aliphatic imine (C=N–C) groups is 1. The number of hydrogen-bond acceptors (Lipinski definition) is 4. The average molecular weight is 286 g/mol. The number of thiazole rings is 1. The first-order valence-electron chi connectivity index (χ1n) is 6.95. The van der Waals surface area contributed by atoms with Gasteiger partial charge in [-0.15, -0.1) is 11.3 Å². The van der Waals surface area contributed by atoms with Gasteiger partial charge in [0.1, 0.15) is 0 Å². The first kappa shape index (κ1) is 13.5. The highest BCUT2D eigenvalue weighted by Gasteiger charge is 2.39. The van der Waals surface area contributed by atoms with Crippen LogP contribution in [0.5, 0.6) is 0 Å². The van der Waals surface area contributed by atoms with Gasteiger partial charge in [-0.3, -0.25) is 0 Å². The Morgan fingerprint density at radius 3 is 2.65 bits per heavy atom. The SMILES string of the molecule is CC(C)(C)c1nc2ccc(C3(N=C=O)CCC3)cc2s1. The summed E-state index contributed by atoms with van der Waals surface area (Å²) >= 11 is 1.74. The third-order valence-corrected chi connectivity index (χ3v) is 5.45. The molecule has 1 fully saturated rings. The first-order valence-corrected chi connectivity index (χ1v) is 7.77. The zero-order valence-electron chi connectivity index (χ0n) is 12.1. The maximum absolute atomic E-state index is 10.7. The Kier molecular flexibility index (Phi) is 3.03. The molecule has 1 aliphatic carbocycles. The summed E-state index contributed by atoms with van der Waals surface area (Å²) < 4.78 is 1.18. The van der Waals surface area contributed by atoms with Crippen molar-refractivity contribution in [1.29, 1.82) is 0 Å². The lowest BCUT2D eigenvalue weighted by molar-refractivity contribution is 0.256. The van der Waals surface area contributed by atoms with E-state index in [0.29, 0.717) is 0 Å². The smallest absolute Gasteiger partial charge is 0.235 e. The van der Waals surface area contributed by atoms with Crippen molar-refractivity contribution in [3.05, 3.63) is 28.8 Å². The predicted octanol–water partition coefficient (Wildman–Crippen LogP) is 4.31. The van der Waals surface area contributed by atoms with Gasteiger partial charge in [0.25, 0.3) is 0 Å². The van der Waals surface area contributed by atoms with Gasteiger partial charge in [-0.2, -0.15) is 4.99 Å². The third kappa shape index (κ3) is 2.09. The van der Waals surface area contributed by atoms with E-state index in [1.165, 1.54) is 4.70 Å². The van der Waals surface area contributed by atoms with Gasteiger partial charge in [-0.05, 0) is 37.0 Å². The molecule has 3 nitrogen and oxygen atoms in total. The molecule has 0 unspecified atom stereocenters. The molecule has 3 rings (SSSR count). The van der Waals surface area contributed by atoms with Gasteiger partial charge in [0.15, 0.2) is 0 Å².